The van der Waals surface area contributed by atoms with Gasteiger partial charge in [0.2, 0.25) is 0 Å². The predicted octanol–water partition coefficient (Wildman–Crippen LogP) is -0.231. The second kappa shape index (κ2) is 8.73. The molecule has 2 aliphatic rings. The summed E-state index contributed by atoms with van der Waals surface area (Å²) in [5, 5.41) is 0. The van der Waals surface area contributed by atoms with Crippen LogP contribution in [-0.4, -0.2) is 106 Å². The lowest BCUT2D eigenvalue weighted by atomic mass is 10.2. The Hall–Kier alpha value is -0.250. The van der Waals surface area contributed by atoms with Gasteiger partial charge in [0.15, 0.2) is 0 Å². The summed E-state index contributed by atoms with van der Waals surface area (Å²) in [6.07, 6.45) is 0. The molecule has 2 fully saturated rings. The number of likely N-dealkylation sites (N-methyl/N-ethyl adjacent to an activating group) is 1. The topological polar surface area (TPSA) is 56.3 Å². The summed E-state index contributed by atoms with van der Waals surface area (Å²) in [5.74, 6) is 0.556. The van der Waals surface area contributed by atoms with E-state index in [1.807, 2.05) is 7.05 Å². The third kappa shape index (κ3) is 5.65. The van der Waals surface area contributed by atoms with E-state index in [1.165, 1.54) is 0 Å². The molecule has 0 bridgehead atoms. The van der Waals surface area contributed by atoms with Gasteiger partial charge in [-0.2, -0.15) is 17.0 Å². The van der Waals surface area contributed by atoms with E-state index in [2.05, 4.69) is 23.6 Å². The maximum Gasteiger partial charge on any atom is 0.282 e. The van der Waals surface area contributed by atoms with E-state index in [-0.39, 0.29) is 0 Å². The van der Waals surface area contributed by atoms with Gasteiger partial charge in [0.1, 0.15) is 0 Å². The summed E-state index contributed by atoms with van der Waals surface area (Å²) in [6, 6.07) is 0. The van der Waals surface area contributed by atoms with Crippen LogP contribution in [0.5, 0.6) is 0 Å². The summed E-state index contributed by atoms with van der Waals surface area (Å²) < 4.78 is 34.2. The van der Waals surface area contributed by atoms with Gasteiger partial charge in [-0.15, -0.1) is 0 Å². The van der Waals surface area contributed by atoms with E-state index in [9.17, 15) is 8.42 Å². The summed E-state index contributed by atoms with van der Waals surface area (Å²) in [7, 11) is -1.25. The fourth-order valence-electron chi connectivity index (χ4n) is 2.88. The van der Waals surface area contributed by atoms with E-state index < -0.39 is 10.2 Å². The van der Waals surface area contributed by atoms with Crippen LogP contribution >= 0.6 is 0 Å². The second-order valence-corrected chi connectivity index (χ2v) is 8.85. The van der Waals surface area contributed by atoms with Crippen molar-refractivity contribution >= 4 is 10.2 Å². The molecule has 0 aromatic carbocycles. The van der Waals surface area contributed by atoms with Crippen molar-refractivity contribution in [2.45, 2.75) is 13.8 Å². The number of hydrogen-bond acceptors (Lipinski definition) is 5. The Labute approximate surface area is 141 Å². The van der Waals surface area contributed by atoms with Crippen molar-refractivity contribution in [2.24, 2.45) is 5.92 Å². The fraction of sp³-hybridized carbons (Fsp3) is 1.00. The molecule has 23 heavy (non-hydrogen) atoms. The largest absolute Gasteiger partial charge is 0.380 e. The average molecular weight is 349 g/mol. The van der Waals surface area contributed by atoms with Crippen LogP contribution in [0.15, 0.2) is 0 Å². The molecule has 0 aromatic heterocycles. The van der Waals surface area contributed by atoms with Crippen LogP contribution in [0.2, 0.25) is 0 Å². The minimum absolute atomic E-state index is 0.556. The maximum absolute atomic E-state index is 12.7. The molecule has 8 heteroatoms. The zero-order valence-electron chi connectivity index (χ0n) is 14.8. The summed E-state index contributed by atoms with van der Waals surface area (Å²) in [5.41, 5.74) is 0. The molecule has 7 nitrogen and oxygen atoms in total. The molecule has 0 unspecified atom stereocenters. The zero-order chi connectivity index (χ0) is 16.9. The zero-order valence-corrected chi connectivity index (χ0v) is 15.6. The molecular weight excluding hydrogens is 316 g/mol. The lowest BCUT2D eigenvalue weighted by Gasteiger charge is -2.39. The Bertz CT molecular complexity index is 442. The predicted molar refractivity (Wildman–Crippen MR) is 91.7 cm³/mol. The van der Waals surface area contributed by atoms with Gasteiger partial charge in [-0.1, -0.05) is 13.8 Å². The van der Waals surface area contributed by atoms with Gasteiger partial charge in [-0.3, -0.25) is 4.90 Å². The molecule has 0 spiro atoms. The highest BCUT2D eigenvalue weighted by atomic mass is 32.2. The smallest absolute Gasteiger partial charge is 0.282 e. The first-order valence-corrected chi connectivity index (χ1v) is 10.0. The Morgan fingerprint density at radius 3 is 1.96 bits per heavy atom. The quantitative estimate of drug-likeness (QED) is 0.595. The van der Waals surface area contributed by atoms with E-state index in [1.54, 1.807) is 8.61 Å². The molecule has 0 saturated carbocycles. The Kier molecular flexibility index (Phi) is 7.24. The van der Waals surface area contributed by atoms with Crippen LogP contribution in [0, 0.1) is 5.92 Å². The minimum Gasteiger partial charge on any atom is -0.380 e. The molecule has 0 amide bonds. The standard InChI is InChI=1S/C15H32N4O3S/c1-15(2)14-22-13-12-17-6-10-19(11-7-17)23(20,21)18-8-4-16(3)5-9-18/h15H,4-14H2,1-3H3. The number of ether oxygens (including phenoxy) is 1. The first kappa shape index (κ1) is 19.1. The van der Waals surface area contributed by atoms with Crippen molar-refractivity contribution in [3.05, 3.63) is 0 Å². The minimum atomic E-state index is -3.29. The Morgan fingerprint density at radius 2 is 1.43 bits per heavy atom. The van der Waals surface area contributed by atoms with Gasteiger partial charge < -0.3 is 9.64 Å². The van der Waals surface area contributed by atoms with E-state index >= 15 is 0 Å². The average Bonchev–Trinajstić information content (AvgIpc) is 2.52. The fourth-order valence-corrected chi connectivity index (χ4v) is 4.45. The van der Waals surface area contributed by atoms with Crippen molar-refractivity contribution < 1.29 is 13.2 Å². The highest BCUT2D eigenvalue weighted by Crippen LogP contribution is 2.14. The van der Waals surface area contributed by atoms with Crippen molar-refractivity contribution in [1.29, 1.82) is 0 Å². The lowest BCUT2D eigenvalue weighted by molar-refractivity contribution is 0.0745. The van der Waals surface area contributed by atoms with Crippen LogP contribution in [0.25, 0.3) is 0 Å². The first-order valence-electron chi connectivity index (χ1n) is 8.63. The van der Waals surface area contributed by atoms with Crippen LogP contribution < -0.4 is 0 Å². The third-order valence-electron chi connectivity index (χ3n) is 4.45. The molecule has 0 atom stereocenters. The van der Waals surface area contributed by atoms with E-state index in [0.717, 1.165) is 45.9 Å². The van der Waals surface area contributed by atoms with Crippen LogP contribution in [0.1, 0.15) is 13.8 Å². The molecule has 0 aromatic rings. The lowest BCUT2D eigenvalue weighted by Crippen LogP contribution is -2.56. The Morgan fingerprint density at radius 1 is 0.913 bits per heavy atom. The third-order valence-corrected chi connectivity index (χ3v) is 6.48. The molecule has 2 aliphatic heterocycles. The molecule has 2 rings (SSSR count). The highest BCUT2D eigenvalue weighted by molar-refractivity contribution is 7.86. The normalized spacial score (nSPS) is 23.7. The number of nitrogens with zero attached hydrogens (tertiary/aromatic N) is 4. The number of piperazine rings is 2. The maximum atomic E-state index is 12.7. The van der Waals surface area contributed by atoms with Gasteiger partial charge in [-0.05, 0) is 13.0 Å². The monoisotopic (exact) mass is 348 g/mol. The molecule has 0 N–H and O–H groups in total. The molecular formula is C15H32N4O3S. The van der Waals surface area contributed by atoms with E-state index in [0.29, 0.717) is 32.1 Å². The van der Waals surface area contributed by atoms with Crippen molar-refractivity contribution in [1.82, 2.24) is 18.4 Å². The van der Waals surface area contributed by atoms with Crippen molar-refractivity contribution in [3.8, 4) is 0 Å². The second-order valence-electron chi connectivity index (χ2n) is 6.92. The van der Waals surface area contributed by atoms with Crippen molar-refractivity contribution in [2.75, 3.05) is 79.2 Å². The van der Waals surface area contributed by atoms with E-state index in [4.69, 9.17) is 4.74 Å². The summed E-state index contributed by atoms with van der Waals surface area (Å²) >= 11 is 0. The Balaban J connectivity index is 1.73. The van der Waals surface area contributed by atoms with Gasteiger partial charge in [0.05, 0.1) is 6.61 Å². The summed E-state index contributed by atoms with van der Waals surface area (Å²) in [6.45, 7) is 12.2. The molecule has 0 radical (unpaired) electrons. The van der Waals surface area contributed by atoms with Gasteiger partial charge in [0, 0.05) is 65.5 Å². The van der Waals surface area contributed by atoms with Crippen LogP contribution in [-0.2, 0) is 14.9 Å². The van der Waals surface area contributed by atoms with Crippen LogP contribution in [0.3, 0.4) is 0 Å². The SMILES string of the molecule is CC(C)COCCN1CCN(S(=O)(=O)N2CCN(C)CC2)CC1. The van der Waals surface area contributed by atoms with Gasteiger partial charge in [0.25, 0.3) is 10.2 Å². The van der Waals surface area contributed by atoms with Crippen LogP contribution in [0.4, 0.5) is 0 Å². The number of rotatable bonds is 7. The first-order chi connectivity index (χ1) is 10.9. The van der Waals surface area contributed by atoms with Crippen molar-refractivity contribution in [3.63, 3.8) is 0 Å². The number of hydrogen-bond donors (Lipinski definition) is 0. The van der Waals surface area contributed by atoms with Gasteiger partial charge in [-0.25, -0.2) is 0 Å². The molecule has 2 saturated heterocycles. The van der Waals surface area contributed by atoms with Gasteiger partial charge >= 0.3 is 0 Å². The molecule has 0 aliphatic carbocycles. The molecule has 2 heterocycles. The highest BCUT2D eigenvalue weighted by Gasteiger charge is 2.33. The molecule has 136 valence electrons. The summed E-state index contributed by atoms with van der Waals surface area (Å²) in [4.78, 5) is 4.46.